The van der Waals surface area contributed by atoms with Gasteiger partial charge in [0.05, 0.1) is 21.1 Å². The Balaban J connectivity index is 2.34. The zero-order chi connectivity index (χ0) is 19.7. The molecule has 1 aliphatic carbocycles. The van der Waals surface area contributed by atoms with Crippen molar-refractivity contribution in [2.75, 3.05) is 5.32 Å². The van der Waals surface area contributed by atoms with Crippen molar-refractivity contribution < 1.29 is 9.59 Å². The van der Waals surface area contributed by atoms with Crippen molar-refractivity contribution in [1.82, 2.24) is 0 Å². The van der Waals surface area contributed by atoms with Crippen LogP contribution in [0.3, 0.4) is 0 Å². The van der Waals surface area contributed by atoms with Crippen molar-refractivity contribution in [2.45, 2.75) is 65.2 Å². The number of hydrogen-bond donors (Lipinski definition) is 1. The lowest BCUT2D eigenvalue weighted by atomic mass is 9.75. The molecule has 2 rings (SSSR count). The van der Waals surface area contributed by atoms with Crippen LogP contribution in [0.2, 0.25) is 10.0 Å². The van der Waals surface area contributed by atoms with Crippen LogP contribution in [-0.4, -0.2) is 11.0 Å². The topological polar surface area (TPSA) is 46.2 Å². The minimum atomic E-state index is -0.497. The van der Waals surface area contributed by atoms with Crippen molar-refractivity contribution in [3.8, 4) is 0 Å². The summed E-state index contributed by atoms with van der Waals surface area (Å²) in [6.45, 7) is 9.79. The molecule has 0 unspecified atom stereocenters. The molecular weight excluding hydrogens is 389 g/mol. The molecule has 0 spiro atoms. The molecule has 1 aromatic carbocycles. The summed E-state index contributed by atoms with van der Waals surface area (Å²) in [6, 6.07) is 3.30. The molecule has 0 saturated heterocycles. The number of nitrogens with one attached hydrogen (secondary N) is 1. The molecule has 1 amide bonds. The first kappa shape index (κ1) is 21.6. The van der Waals surface area contributed by atoms with E-state index in [0.29, 0.717) is 20.6 Å². The lowest BCUT2D eigenvalue weighted by Gasteiger charge is -2.32. The summed E-state index contributed by atoms with van der Waals surface area (Å²) in [5.41, 5.74) is -0.302. The number of anilines is 1. The minimum Gasteiger partial charge on any atom is -0.325 e. The highest BCUT2D eigenvalue weighted by atomic mass is 35.5. The second kappa shape index (κ2) is 8.12. The fraction of sp³-hybridized carbons (Fsp3) is 0.600. The molecule has 0 aromatic heterocycles. The largest absolute Gasteiger partial charge is 0.325 e. The minimum absolute atomic E-state index is 0.00540. The van der Waals surface area contributed by atoms with E-state index in [-0.39, 0.29) is 22.4 Å². The summed E-state index contributed by atoms with van der Waals surface area (Å²) < 4.78 is 0. The predicted molar refractivity (Wildman–Crippen MR) is 111 cm³/mol. The van der Waals surface area contributed by atoms with Crippen LogP contribution in [0.5, 0.6) is 0 Å². The molecule has 1 fully saturated rings. The van der Waals surface area contributed by atoms with E-state index in [1.54, 1.807) is 12.1 Å². The number of amides is 1. The van der Waals surface area contributed by atoms with Gasteiger partial charge in [-0.2, -0.15) is 0 Å². The van der Waals surface area contributed by atoms with Gasteiger partial charge in [-0.05, 0) is 42.7 Å². The summed E-state index contributed by atoms with van der Waals surface area (Å²) in [5.74, 6) is 0.258. The Kier molecular flexibility index (Phi) is 6.74. The second-order valence-corrected chi connectivity index (χ2v) is 10.2. The van der Waals surface area contributed by atoms with Gasteiger partial charge in [-0.3, -0.25) is 9.59 Å². The van der Waals surface area contributed by atoms with E-state index < -0.39 is 5.41 Å². The molecule has 6 heteroatoms. The van der Waals surface area contributed by atoms with Crippen LogP contribution >= 0.6 is 35.0 Å². The van der Waals surface area contributed by atoms with Crippen LogP contribution < -0.4 is 5.32 Å². The number of thioether (sulfide) groups is 1. The highest BCUT2D eigenvalue weighted by Crippen LogP contribution is 2.46. The average Bonchev–Trinajstić information content (AvgIpc) is 3.02. The lowest BCUT2D eigenvalue weighted by molar-refractivity contribution is -0.127. The summed E-state index contributed by atoms with van der Waals surface area (Å²) in [6.07, 6.45) is 3.91. The van der Waals surface area contributed by atoms with E-state index in [1.165, 1.54) is 0 Å². The Morgan fingerprint density at radius 1 is 1.12 bits per heavy atom. The van der Waals surface area contributed by atoms with Crippen LogP contribution in [0.1, 0.15) is 60.3 Å². The second-order valence-electron chi connectivity index (χ2n) is 8.37. The smallest absolute Gasteiger partial charge is 0.230 e. The van der Waals surface area contributed by atoms with Crippen molar-refractivity contribution in [3.05, 3.63) is 22.2 Å². The lowest BCUT2D eigenvalue weighted by Crippen LogP contribution is -2.38. The van der Waals surface area contributed by atoms with E-state index in [9.17, 15) is 9.59 Å². The fourth-order valence-electron chi connectivity index (χ4n) is 3.28. The third kappa shape index (κ3) is 4.58. The SMILES string of the molecule is CC(C)C1(C(=O)Nc2cc(Cl)c(Cl)cc2SC(=O)C(C)(C)C)CCCC1. The van der Waals surface area contributed by atoms with Gasteiger partial charge in [0.15, 0.2) is 5.12 Å². The fourth-order valence-corrected chi connectivity index (χ4v) is 4.58. The summed E-state index contributed by atoms with van der Waals surface area (Å²) in [4.78, 5) is 26.2. The first-order chi connectivity index (χ1) is 12.0. The first-order valence-electron chi connectivity index (χ1n) is 9.00. The predicted octanol–water partition coefficient (Wildman–Crippen LogP) is 6.81. The Labute approximate surface area is 170 Å². The molecular formula is C20H27Cl2NO2S. The van der Waals surface area contributed by atoms with Crippen molar-refractivity contribution >= 4 is 51.7 Å². The van der Waals surface area contributed by atoms with Gasteiger partial charge in [0.1, 0.15) is 0 Å². The normalized spacial score (nSPS) is 16.8. The number of halogens is 2. The van der Waals surface area contributed by atoms with E-state index in [1.807, 2.05) is 20.8 Å². The van der Waals surface area contributed by atoms with E-state index in [2.05, 4.69) is 19.2 Å². The number of rotatable bonds is 4. The van der Waals surface area contributed by atoms with E-state index in [4.69, 9.17) is 23.2 Å². The molecule has 0 atom stereocenters. The number of carbonyl (C=O) groups is 2. The monoisotopic (exact) mass is 415 g/mol. The molecule has 144 valence electrons. The van der Waals surface area contributed by atoms with Gasteiger partial charge < -0.3 is 5.32 Å². The quantitative estimate of drug-likeness (QED) is 0.548. The van der Waals surface area contributed by atoms with E-state index >= 15 is 0 Å². The standard InChI is InChI=1S/C20H27Cl2NO2S/c1-12(2)20(8-6-7-9-20)17(24)23-15-10-13(21)14(22)11-16(15)26-18(25)19(3,4)5/h10-12H,6-9H2,1-5H3,(H,23,24). The van der Waals surface area contributed by atoms with E-state index in [0.717, 1.165) is 37.4 Å². The average molecular weight is 416 g/mol. The molecule has 0 heterocycles. The Hall–Kier alpha value is -0.710. The molecule has 1 saturated carbocycles. The van der Waals surface area contributed by atoms with Gasteiger partial charge in [0.25, 0.3) is 0 Å². The number of carbonyl (C=O) groups excluding carboxylic acids is 2. The molecule has 26 heavy (non-hydrogen) atoms. The zero-order valence-corrected chi connectivity index (χ0v) is 18.4. The highest BCUT2D eigenvalue weighted by molar-refractivity contribution is 8.13. The van der Waals surface area contributed by atoms with Crippen molar-refractivity contribution in [3.63, 3.8) is 0 Å². The van der Waals surface area contributed by atoms with Crippen LogP contribution in [0.4, 0.5) is 5.69 Å². The van der Waals surface area contributed by atoms with Gasteiger partial charge in [-0.25, -0.2) is 0 Å². The summed E-state index contributed by atoms with van der Waals surface area (Å²) in [7, 11) is 0. The maximum absolute atomic E-state index is 13.1. The summed E-state index contributed by atoms with van der Waals surface area (Å²) in [5, 5.41) is 3.78. The molecule has 3 nitrogen and oxygen atoms in total. The Morgan fingerprint density at radius 2 is 1.65 bits per heavy atom. The van der Waals surface area contributed by atoms with Gasteiger partial charge in [0.2, 0.25) is 5.91 Å². The molecule has 0 bridgehead atoms. The number of hydrogen-bond acceptors (Lipinski definition) is 3. The van der Waals surface area contributed by atoms with Gasteiger partial charge in [-0.1, -0.05) is 70.7 Å². The van der Waals surface area contributed by atoms with Crippen molar-refractivity contribution in [2.24, 2.45) is 16.7 Å². The van der Waals surface area contributed by atoms with Gasteiger partial charge in [0, 0.05) is 10.3 Å². The maximum Gasteiger partial charge on any atom is 0.230 e. The van der Waals surface area contributed by atoms with Gasteiger partial charge in [-0.15, -0.1) is 0 Å². The highest BCUT2D eigenvalue weighted by Gasteiger charge is 2.43. The van der Waals surface area contributed by atoms with Crippen LogP contribution in [0, 0.1) is 16.7 Å². The Morgan fingerprint density at radius 3 is 2.15 bits per heavy atom. The molecule has 0 radical (unpaired) electrons. The molecule has 1 aliphatic rings. The first-order valence-corrected chi connectivity index (χ1v) is 10.6. The van der Waals surface area contributed by atoms with Gasteiger partial charge >= 0.3 is 0 Å². The third-order valence-electron chi connectivity index (χ3n) is 5.14. The molecule has 1 N–H and O–H groups in total. The zero-order valence-electron chi connectivity index (χ0n) is 16.0. The van der Waals surface area contributed by atoms with Crippen molar-refractivity contribution in [1.29, 1.82) is 0 Å². The maximum atomic E-state index is 13.1. The third-order valence-corrected chi connectivity index (χ3v) is 7.22. The number of benzene rings is 1. The Bertz CT molecular complexity index is 704. The summed E-state index contributed by atoms with van der Waals surface area (Å²) >= 11 is 13.4. The molecule has 0 aliphatic heterocycles. The van der Waals surface area contributed by atoms with Crippen LogP contribution in [0.25, 0.3) is 0 Å². The van der Waals surface area contributed by atoms with Crippen LogP contribution in [-0.2, 0) is 9.59 Å². The molecule has 1 aromatic rings. The van der Waals surface area contributed by atoms with Crippen LogP contribution in [0.15, 0.2) is 17.0 Å².